The van der Waals surface area contributed by atoms with E-state index in [-0.39, 0.29) is 5.82 Å². The van der Waals surface area contributed by atoms with Crippen LogP contribution in [-0.2, 0) is 17.0 Å². The lowest BCUT2D eigenvalue weighted by Gasteiger charge is -2.27. The molecule has 0 N–H and O–H groups in total. The van der Waals surface area contributed by atoms with Crippen molar-refractivity contribution in [3.8, 4) is 11.4 Å². The maximum Gasteiger partial charge on any atom is 0.191 e. The van der Waals surface area contributed by atoms with E-state index >= 15 is 0 Å². The van der Waals surface area contributed by atoms with Crippen LogP contribution in [-0.4, -0.2) is 57.5 Å². The van der Waals surface area contributed by atoms with Gasteiger partial charge in [0.05, 0.1) is 13.2 Å². The van der Waals surface area contributed by atoms with Crippen LogP contribution in [0.4, 0.5) is 4.39 Å². The van der Waals surface area contributed by atoms with Crippen molar-refractivity contribution in [1.29, 1.82) is 0 Å². The number of nitrogens with zero attached hydrogens (tertiary/aromatic N) is 5. The third-order valence-electron chi connectivity index (χ3n) is 4.72. The molecule has 4 rings (SSSR count). The topological polar surface area (TPSA) is 56.1 Å². The lowest BCUT2D eigenvalue weighted by molar-refractivity contribution is 0.0361. The Balaban J connectivity index is 1.54. The smallest absolute Gasteiger partial charge is 0.191 e. The Bertz CT molecular complexity index is 929. The Labute approximate surface area is 178 Å². The molecule has 0 bridgehead atoms. The van der Waals surface area contributed by atoms with Crippen LogP contribution in [0.3, 0.4) is 0 Å². The summed E-state index contributed by atoms with van der Waals surface area (Å²) in [6, 6.07) is 10.1. The number of hydrogen-bond donors (Lipinski definition) is 0. The SMILES string of the molecule is Fc1ccc(-c2nnc(SCc3ccc(Cl)nc3)n2CCN2CCOCC2)cc1. The number of rotatable bonds is 7. The van der Waals surface area contributed by atoms with Crippen molar-refractivity contribution in [2.24, 2.45) is 0 Å². The van der Waals surface area contributed by atoms with Gasteiger partial charge in [0, 0.05) is 43.7 Å². The van der Waals surface area contributed by atoms with Crippen LogP contribution in [0.25, 0.3) is 11.4 Å². The normalized spacial score (nSPS) is 15.0. The molecule has 0 amide bonds. The van der Waals surface area contributed by atoms with Crippen LogP contribution in [0, 0.1) is 5.82 Å². The van der Waals surface area contributed by atoms with Gasteiger partial charge in [0.2, 0.25) is 0 Å². The van der Waals surface area contributed by atoms with Gasteiger partial charge >= 0.3 is 0 Å². The molecule has 0 atom stereocenters. The fourth-order valence-electron chi connectivity index (χ4n) is 3.12. The molecule has 2 aromatic heterocycles. The van der Waals surface area contributed by atoms with Gasteiger partial charge in [-0.05, 0) is 35.9 Å². The van der Waals surface area contributed by atoms with E-state index in [2.05, 4.69) is 24.6 Å². The van der Waals surface area contributed by atoms with E-state index in [4.69, 9.17) is 16.3 Å². The molecule has 1 aromatic carbocycles. The Morgan fingerprint density at radius 2 is 1.83 bits per heavy atom. The molecule has 1 aliphatic heterocycles. The maximum absolute atomic E-state index is 13.4. The van der Waals surface area contributed by atoms with E-state index in [1.54, 1.807) is 36.2 Å². The number of morpholine rings is 1. The molecule has 0 saturated carbocycles. The van der Waals surface area contributed by atoms with Crippen LogP contribution in [0.2, 0.25) is 5.15 Å². The van der Waals surface area contributed by atoms with E-state index < -0.39 is 0 Å². The summed E-state index contributed by atoms with van der Waals surface area (Å²) in [6.07, 6.45) is 1.77. The summed E-state index contributed by atoms with van der Waals surface area (Å²) in [6.45, 7) is 5.00. The lowest BCUT2D eigenvalue weighted by atomic mass is 10.2. The predicted molar refractivity (Wildman–Crippen MR) is 111 cm³/mol. The summed E-state index contributed by atoms with van der Waals surface area (Å²) in [7, 11) is 0. The van der Waals surface area contributed by atoms with Crippen molar-refractivity contribution in [3.63, 3.8) is 0 Å². The van der Waals surface area contributed by atoms with Gasteiger partial charge in [-0.3, -0.25) is 4.90 Å². The highest BCUT2D eigenvalue weighted by Crippen LogP contribution is 2.27. The first-order chi connectivity index (χ1) is 14.2. The fourth-order valence-corrected chi connectivity index (χ4v) is 4.13. The molecule has 3 aromatic rings. The Morgan fingerprint density at radius 3 is 2.55 bits per heavy atom. The summed E-state index contributed by atoms with van der Waals surface area (Å²) in [4.78, 5) is 6.50. The highest BCUT2D eigenvalue weighted by molar-refractivity contribution is 7.98. The quantitative estimate of drug-likeness (QED) is 0.417. The minimum atomic E-state index is -0.266. The van der Waals surface area contributed by atoms with E-state index in [9.17, 15) is 4.39 Å². The third kappa shape index (κ3) is 5.33. The number of hydrogen-bond acceptors (Lipinski definition) is 6. The van der Waals surface area contributed by atoms with Crippen LogP contribution in [0.15, 0.2) is 47.8 Å². The maximum atomic E-state index is 13.4. The zero-order valence-corrected chi connectivity index (χ0v) is 17.4. The number of halogens is 2. The van der Waals surface area contributed by atoms with Gasteiger partial charge in [-0.15, -0.1) is 10.2 Å². The molecule has 9 heteroatoms. The number of ether oxygens (including phenoxy) is 1. The molecular formula is C20H21ClFN5OS. The summed E-state index contributed by atoms with van der Waals surface area (Å²) in [5.74, 6) is 1.19. The van der Waals surface area contributed by atoms with Crippen LogP contribution in [0.5, 0.6) is 0 Å². The molecule has 6 nitrogen and oxygen atoms in total. The molecule has 0 unspecified atom stereocenters. The fraction of sp³-hybridized carbons (Fsp3) is 0.350. The minimum Gasteiger partial charge on any atom is -0.379 e. The second-order valence-electron chi connectivity index (χ2n) is 6.70. The van der Waals surface area contributed by atoms with Gasteiger partial charge in [-0.2, -0.15) is 0 Å². The van der Waals surface area contributed by atoms with E-state index in [0.717, 1.165) is 61.5 Å². The van der Waals surface area contributed by atoms with Gasteiger partial charge in [0.1, 0.15) is 11.0 Å². The van der Waals surface area contributed by atoms with E-state index in [1.807, 2.05) is 6.07 Å². The lowest BCUT2D eigenvalue weighted by Crippen LogP contribution is -2.38. The van der Waals surface area contributed by atoms with E-state index in [1.165, 1.54) is 12.1 Å². The molecular weight excluding hydrogens is 413 g/mol. The molecule has 3 heterocycles. The minimum absolute atomic E-state index is 0.266. The summed E-state index contributed by atoms with van der Waals surface area (Å²) in [5.41, 5.74) is 1.91. The zero-order chi connectivity index (χ0) is 20.1. The molecule has 1 saturated heterocycles. The average molecular weight is 434 g/mol. The number of aromatic nitrogens is 4. The van der Waals surface area contributed by atoms with Crippen molar-refractivity contribution in [3.05, 3.63) is 59.1 Å². The summed E-state index contributed by atoms with van der Waals surface area (Å²) < 4.78 is 20.9. The van der Waals surface area contributed by atoms with Crippen LogP contribution >= 0.6 is 23.4 Å². The number of thioether (sulfide) groups is 1. The first-order valence-electron chi connectivity index (χ1n) is 9.41. The first kappa shape index (κ1) is 20.3. The van der Waals surface area contributed by atoms with Crippen LogP contribution in [0.1, 0.15) is 5.56 Å². The molecule has 1 aliphatic rings. The Morgan fingerprint density at radius 1 is 1.03 bits per heavy atom. The molecule has 0 spiro atoms. The molecule has 0 aliphatic carbocycles. The number of pyridine rings is 1. The van der Waals surface area contributed by atoms with Crippen molar-refractivity contribution in [2.45, 2.75) is 17.5 Å². The molecule has 0 radical (unpaired) electrons. The monoisotopic (exact) mass is 433 g/mol. The molecule has 152 valence electrons. The van der Waals surface area contributed by atoms with Crippen molar-refractivity contribution >= 4 is 23.4 Å². The zero-order valence-electron chi connectivity index (χ0n) is 15.8. The van der Waals surface area contributed by atoms with Crippen molar-refractivity contribution in [2.75, 3.05) is 32.8 Å². The summed E-state index contributed by atoms with van der Waals surface area (Å²) >= 11 is 7.47. The van der Waals surface area contributed by atoms with E-state index in [0.29, 0.717) is 10.9 Å². The van der Waals surface area contributed by atoms with Gasteiger partial charge in [-0.25, -0.2) is 9.37 Å². The van der Waals surface area contributed by atoms with Gasteiger partial charge in [-0.1, -0.05) is 29.4 Å². The second kappa shape index (κ2) is 9.67. The predicted octanol–water partition coefficient (Wildman–Crippen LogP) is 3.76. The van der Waals surface area contributed by atoms with Gasteiger partial charge in [0.25, 0.3) is 0 Å². The van der Waals surface area contributed by atoms with Gasteiger partial charge in [0.15, 0.2) is 11.0 Å². The second-order valence-corrected chi connectivity index (χ2v) is 8.03. The Kier molecular flexibility index (Phi) is 6.76. The largest absolute Gasteiger partial charge is 0.379 e. The summed E-state index contributed by atoms with van der Waals surface area (Å²) in [5, 5.41) is 10.1. The Hall–Kier alpha value is -2.00. The first-order valence-corrected chi connectivity index (χ1v) is 10.8. The number of benzene rings is 1. The van der Waals surface area contributed by atoms with Gasteiger partial charge < -0.3 is 9.30 Å². The average Bonchev–Trinajstić information content (AvgIpc) is 3.16. The molecule has 1 fully saturated rings. The van der Waals surface area contributed by atoms with Crippen molar-refractivity contribution < 1.29 is 9.13 Å². The standard InChI is InChI=1S/C20H21ClFN5OS/c21-18-6-1-15(13-23-18)14-29-20-25-24-19(16-2-4-17(22)5-3-16)27(20)8-7-26-9-11-28-12-10-26/h1-6,13H,7-12,14H2. The highest BCUT2D eigenvalue weighted by atomic mass is 35.5. The van der Waals surface area contributed by atoms with Crippen molar-refractivity contribution in [1.82, 2.24) is 24.6 Å². The third-order valence-corrected chi connectivity index (χ3v) is 5.98. The highest BCUT2D eigenvalue weighted by Gasteiger charge is 2.17. The molecule has 29 heavy (non-hydrogen) atoms. The van der Waals surface area contributed by atoms with Crippen LogP contribution < -0.4 is 0 Å².